The van der Waals surface area contributed by atoms with Crippen molar-refractivity contribution in [2.45, 2.75) is 57.7 Å². The van der Waals surface area contributed by atoms with Crippen LogP contribution in [0.2, 0.25) is 18.1 Å². The average molecular weight is 240 g/mol. The fraction of sp³-hybridized carbons (Fsp3) is 0.714. The Labute approximate surface area is 103 Å². The highest BCUT2D eigenvalue weighted by Gasteiger charge is 2.31. The molecule has 0 radical (unpaired) electrons. The smallest absolute Gasteiger partial charge is 0.200 e. The van der Waals surface area contributed by atoms with Crippen molar-refractivity contribution in [1.29, 1.82) is 0 Å². The van der Waals surface area contributed by atoms with Crippen molar-refractivity contribution in [3.63, 3.8) is 0 Å². The van der Waals surface area contributed by atoms with Crippen LogP contribution in [-0.2, 0) is 4.43 Å². The number of hydrogen-bond acceptors (Lipinski definition) is 1. The van der Waals surface area contributed by atoms with E-state index in [2.05, 4.69) is 27.0 Å². The topological polar surface area (TPSA) is 9.23 Å². The third kappa shape index (κ3) is 6.29. The second kappa shape index (κ2) is 9.85. The first-order chi connectivity index (χ1) is 7.74. The first-order valence-corrected chi connectivity index (χ1v) is 9.13. The van der Waals surface area contributed by atoms with Crippen LogP contribution in [0, 0.1) is 0 Å². The van der Waals surface area contributed by atoms with Crippen LogP contribution in [-0.4, -0.2) is 14.9 Å². The zero-order chi connectivity index (χ0) is 12.3. The maximum atomic E-state index is 6.25. The second-order valence-electron chi connectivity index (χ2n) is 4.47. The van der Waals surface area contributed by atoms with Crippen LogP contribution in [0.25, 0.3) is 0 Å². The summed E-state index contributed by atoms with van der Waals surface area (Å²) in [7, 11) is -1.59. The Morgan fingerprint density at radius 1 is 1.00 bits per heavy atom. The lowest BCUT2D eigenvalue weighted by atomic mass is 10.4. The predicted octanol–water partition coefficient (Wildman–Crippen LogP) is 4.92. The highest BCUT2D eigenvalue weighted by Crippen LogP contribution is 2.26. The fourth-order valence-corrected chi connectivity index (χ4v) is 5.52. The molecule has 1 nitrogen and oxygen atoms in total. The second-order valence-corrected chi connectivity index (χ2v) is 8.45. The van der Waals surface area contributed by atoms with E-state index in [1.165, 1.54) is 31.7 Å². The van der Waals surface area contributed by atoms with Crippen LogP contribution in [0.3, 0.4) is 0 Å². The Hall–Kier alpha value is -0.343. The molecule has 0 fully saturated rings. The zero-order valence-corrected chi connectivity index (χ0v) is 12.1. The molecule has 2 heteroatoms. The van der Waals surface area contributed by atoms with Gasteiger partial charge in [0, 0.05) is 6.61 Å². The van der Waals surface area contributed by atoms with E-state index in [4.69, 9.17) is 4.43 Å². The molecule has 16 heavy (non-hydrogen) atoms. The monoisotopic (exact) mass is 240 g/mol. The Balaban J connectivity index is 4.35. The normalized spacial score (nSPS) is 11.4. The Bertz CT molecular complexity index is 179. The quantitative estimate of drug-likeness (QED) is 0.283. The molecule has 0 saturated carbocycles. The van der Waals surface area contributed by atoms with Crippen LogP contribution in [0.5, 0.6) is 0 Å². The van der Waals surface area contributed by atoms with Gasteiger partial charge in [0.2, 0.25) is 0 Å². The molecule has 0 heterocycles. The minimum Gasteiger partial charge on any atom is -0.416 e. The Kier molecular flexibility index (Phi) is 9.64. The van der Waals surface area contributed by atoms with Crippen LogP contribution in [0.15, 0.2) is 25.3 Å². The van der Waals surface area contributed by atoms with Gasteiger partial charge in [-0.1, -0.05) is 45.3 Å². The summed E-state index contributed by atoms with van der Waals surface area (Å²) in [5, 5.41) is 0. The van der Waals surface area contributed by atoms with Gasteiger partial charge in [-0.05, 0) is 24.6 Å². The minimum atomic E-state index is -1.59. The summed E-state index contributed by atoms with van der Waals surface area (Å²) >= 11 is 0. The van der Waals surface area contributed by atoms with Crippen molar-refractivity contribution in [2.24, 2.45) is 0 Å². The first kappa shape index (κ1) is 15.7. The summed E-state index contributed by atoms with van der Waals surface area (Å²) in [4.78, 5) is 0. The molecular weight excluding hydrogens is 212 g/mol. The standard InChI is InChI=1S/C14H28OSi/c1-5-9-11-15-16(12-7-3,13-8-4)14-10-6-2/h7-8H,3-6,9-14H2,1-2H3. The molecule has 0 bridgehead atoms. The van der Waals surface area contributed by atoms with Gasteiger partial charge in [-0.2, -0.15) is 0 Å². The molecular formula is C14H28OSi. The van der Waals surface area contributed by atoms with Gasteiger partial charge in [0.05, 0.1) is 0 Å². The van der Waals surface area contributed by atoms with Crippen LogP contribution >= 0.6 is 0 Å². The van der Waals surface area contributed by atoms with Crippen molar-refractivity contribution in [2.75, 3.05) is 6.61 Å². The summed E-state index contributed by atoms with van der Waals surface area (Å²) in [6, 6.07) is 3.40. The van der Waals surface area contributed by atoms with Crippen molar-refractivity contribution in [1.82, 2.24) is 0 Å². The van der Waals surface area contributed by atoms with Crippen molar-refractivity contribution >= 4 is 8.32 Å². The molecule has 0 aromatic carbocycles. The Morgan fingerprint density at radius 3 is 2.00 bits per heavy atom. The lowest BCUT2D eigenvalue weighted by Crippen LogP contribution is -2.37. The van der Waals surface area contributed by atoms with Crippen LogP contribution in [0.4, 0.5) is 0 Å². The van der Waals surface area contributed by atoms with Gasteiger partial charge in [0.15, 0.2) is 8.32 Å². The summed E-state index contributed by atoms with van der Waals surface area (Å²) < 4.78 is 6.25. The van der Waals surface area contributed by atoms with Crippen LogP contribution < -0.4 is 0 Å². The lowest BCUT2D eigenvalue weighted by molar-refractivity contribution is 0.292. The van der Waals surface area contributed by atoms with E-state index in [-0.39, 0.29) is 0 Å². The summed E-state index contributed by atoms with van der Waals surface area (Å²) in [5.41, 5.74) is 0. The number of rotatable bonds is 11. The number of hydrogen-bond donors (Lipinski definition) is 0. The Morgan fingerprint density at radius 2 is 1.56 bits per heavy atom. The summed E-state index contributed by atoms with van der Waals surface area (Å²) in [5.74, 6) is 0. The molecule has 0 aromatic rings. The van der Waals surface area contributed by atoms with Crippen molar-refractivity contribution < 1.29 is 4.43 Å². The minimum absolute atomic E-state index is 0.925. The molecule has 0 amide bonds. The molecule has 0 unspecified atom stereocenters. The number of unbranched alkanes of at least 4 members (excludes halogenated alkanes) is 2. The maximum Gasteiger partial charge on any atom is 0.200 e. The van der Waals surface area contributed by atoms with Gasteiger partial charge in [-0.25, -0.2) is 0 Å². The summed E-state index contributed by atoms with van der Waals surface area (Å²) in [6.45, 7) is 13.1. The van der Waals surface area contributed by atoms with Gasteiger partial charge in [0.25, 0.3) is 0 Å². The van der Waals surface area contributed by atoms with E-state index in [1.807, 2.05) is 12.2 Å². The third-order valence-electron chi connectivity index (χ3n) is 2.92. The third-order valence-corrected chi connectivity index (χ3v) is 7.07. The lowest BCUT2D eigenvalue weighted by Gasteiger charge is -2.29. The molecule has 0 aliphatic heterocycles. The molecule has 0 aromatic heterocycles. The fourth-order valence-electron chi connectivity index (χ4n) is 1.94. The largest absolute Gasteiger partial charge is 0.416 e. The molecule has 0 spiro atoms. The van der Waals surface area contributed by atoms with Crippen LogP contribution in [0.1, 0.15) is 39.5 Å². The van der Waals surface area contributed by atoms with E-state index in [1.54, 1.807) is 0 Å². The van der Waals surface area contributed by atoms with Gasteiger partial charge in [-0.3, -0.25) is 0 Å². The van der Waals surface area contributed by atoms with Gasteiger partial charge in [0.1, 0.15) is 0 Å². The summed E-state index contributed by atoms with van der Waals surface area (Å²) in [6.07, 6.45) is 8.99. The van der Waals surface area contributed by atoms with E-state index in [9.17, 15) is 0 Å². The molecule has 0 aliphatic carbocycles. The molecule has 0 saturated heterocycles. The molecule has 0 rings (SSSR count). The van der Waals surface area contributed by atoms with E-state index < -0.39 is 8.32 Å². The number of allylic oxidation sites excluding steroid dienone is 2. The van der Waals surface area contributed by atoms with Gasteiger partial charge < -0.3 is 4.43 Å². The highest BCUT2D eigenvalue weighted by molar-refractivity contribution is 6.74. The van der Waals surface area contributed by atoms with Gasteiger partial charge in [-0.15, -0.1) is 13.2 Å². The SMILES string of the molecule is C=CC[Si](CC=C)(CCCC)OCCCC. The van der Waals surface area contributed by atoms with E-state index >= 15 is 0 Å². The highest BCUT2D eigenvalue weighted by atomic mass is 28.4. The molecule has 0 N–H and O–H groups in total. The average Bonchev–Trinajstić information content (AvgIpc) is 2.27. The molecule has 0 atom stereocenters. The van der Waals surface area contributed by atoms with Crippen molar-refractivity contribution in [3.8, 4) is 0 Å². The first-order valence-electron chi connectivity index (χ1n) is 6.60. The predicted molar refractivity (Wildman–Crippen MR) is 76.3 cm³/mol. The maximum absolute atomic E-state index is 6.25. The van der Waals surface area contributed by atoms with Crippen molar-refractivity contribution in [3.05, 3.63) is 25.3 Å². The van der Waals surface area contributed by atoms with E-state index in [0.717, 1.165) is 18.7 Å². The van der Waals surface area contributed by atoms with E-state index in [0.29, 0.717) is 0 Å². The van der Waals surface area contributed by atoms with Gasteiger partial charge >= 0.3 is 0 Å². The zero-order valence-electron chi connectivity index (χ0n) is 11.1. The molecule has 0 aliphatic rings. The molecule has 94 valence electrons.